The summed E-state index contributed by atoms with van der Waals surface area (Å²) >= 11 is 2.89. The van der Waals surface area contributed by atoms with Crippen molar-refractivity contribution in [2.45, 2.75) is 39.7 Å². The van der Waals surface area contributed by atoms with Gasteiger partial charge in [-0.3, -0.25) is 9.59 Å². The van der Waals surface area contributed by atoms with Crippen molar-refractivity contribution in [1.82, 2.24) is 15.2 Å². The fourth-order valence-corrected chi connectivity index (χ4v) is 4.81. The third kappa shape index (κ3) is 3.93. The molecule has 25 heavy (non-hydrogen) atoms. The van der Waals surface area contributed by atoms with E-state index in [4.69, 9.17) is 0 Å². The molecule has 2 amide bonds. The van der Waals surface area contributed by atoms with Crippen molar-refractivity contribution in [1.29, 1.82) is 0 Å². The Labute approximate surface area is 156 Å². The van der Waals surface area contributed by atoms with Crippen molar-refractivity contribution in [3.05, 3.63) is 38.0 Å². The van der Waals surface area contributed by atoms with Gasteiger partial charge in [-0.2, -0.15) is 0 Å². The molecule has 3 rings (SSSR count). The molecular weight excluding hydrogens is 354 g/mol. The molecule has 0 unspecified atom stereocenters. The molecule has 0 aromatic carbocycles. The van der Waals surface area contributed by atoms with Gasteiger partial charge in [-0.05, 0) is 37.8 Å². The predicted molar refractivity (Wildman–Crippen MR) is 101 cm³/mol. The summed E-state index contributed by atoms with van der Waals surface area (Å²) in [7, 11) is 0. The van der Waals surface area contributed by atoms with Crippen molar-refractivity contribution in [2.24, 2.45) is 5.92 Å². The van der Waals surface area contributed by atoms with Crippen LogP contribution in [0.2, 0.25) is 0 Å². The molecule has 1 atom stereocenters. The third-order valence-electron chi connectivity index (χ3n) is 4.30. The summed E-state index contributed by atoms with van der Waals surface area (Å²) in [5.74, 6) is 0.454. The SMILES string of the molecule is Cc1ncsc1C(=O)N1CCC[C@@H]1c1ccc(C(=O)NCC(C)C)s1. The first-order valence-electron chi connectivity index (χ1n) is 8.56. The van der Waals surface area contributed by atoms with Gasteiger partial charge in [0.1, 0.15) is 4.88 Å². The second kappa shape index (κ2) is 7.66. The maximum absolute atomic E-state index is 12.9. The summed E-state index contributed by atoms with van der Waals surface area (Å²) in [4.78, 5) is 33.7. The molecule has 1 aliphatic heterocycles. The average molecular weight is 378 g/mol. The lowest BCUT2D eigenvalue weighted by Gasteiger charge is -2.23. The molecule has 2 aromatic heterocycles. The largest absolute Gasteiger partial charge is 0.351 e. The minimum Gasteiger partial charge on any atom is -0.351 e. The van der Waals surface area contributed by atoms with Gasteiger partial charge >= 0.3 is 0 Å². The van der Waals surface area contributed by atoms with Crippen LogP contribution >= 0.6 is 22.7 Å². The average Bonchev–Trinajstić information content (AvgIpc) is 3.30. The number of thiophene rings is 1. The lowest BCUT2D eigenvalue weighted by Crippen LogP contribution is -2.30. The normalized spacial score (nSPS) is 17.3. The van der Waals surface area contributed by atoms with Crippen LogP contribution in [0.3, 0.4) is 0 Å². The van der Waals surface area contributed by atoms with Gasteiger partial charge in [-0.25, -0.2) is 4.98 Å². The van der Waals surface area contributed by atoms with Crippen LogP contribution in [0.25, 0.3) is 0 Å². The van der Waals surface area contributed by atoms with E-state index in [9.17, 15) is 9.59 Å². The number of nitrogens with zero attached hydrogens (tertiary/aromatic N) is 2. The van der Waals surface area contributed by atoms with Crippen LogP contribution < -0.4 is 5.32 Å². The van der Waals surface area contributed by atoms with Crippen LogP contribution in [-0.2, 0) is 0 Å². The number of hydrogen-bond acceptors (Lipinski definition) is 5. The van der Waals surface area contributed by atoms with Gasteiger partial charge in [-0.15, -0.1) is 22.7 Å². The van der Waals surface area contributed by atoms with E-state index in [2.05, 4.69) is 24.1 Å². The van der Waals surface area contributed by atoms with Gasteiger partial charge < -0.3 is 10.2 Å². The molecule has 7 heteroatoms. The number of thiazole rings is 1. The number of aromatic nitrogens is 1. The van der Waals surface area contributed by atoms with Crippen molar-refractivity contribution < 1.29 is 9.59 Å². The second-order valence-electron chi connectivity index (χ2n) is 6.73. The van der Waals surface area contributed by atoms with E-state index in [0.717, 1.165) is 34.8 Å². The van der Waals surface area contributed by atoms with E-state index in [0.29, 0.717) is 17.3 Å². The molecule has 3 heterocycles. The summed E-state index contributed by atoms with van der Waals surface area (Å²) in [6, 6.07) is 3.92. The topological polar surface area (TPSA) is 62.3 Å². The maximum Gasteiger partial charge on any atom is 0.266 e. The first kappa shape index (κ1) is 18.1. The van der Waals surface area contributed by atoms with Crippen LogP contribution in [-0.4, -0.2) is 34.8 Å². The molecule has 134 valence electrons. The van der Waals surface area contributed by atoms with Gasteiger partial charge in [0.2, 0.25) is 0 Å². The molecule has 1 fully saturated rings. The highest BCUT2D eigenvalue weighted by molar-refractivity contribution is 7.14. The summed E-state index contributed by atoms with van der Waals surface area (Å²) in [6.07, 6.45) is 1.93. The summed E-state index contributed by atoms with van der Waals surface area (Å²) in [6.45, 7) is 7.45. The summed E-state index contributed by atoms with van der Waals surface area (Å²) in [5, 5.41) is 2.95. The quantitative estimate of drug-likeness (QED) is 0.860. The highest BCUT2D eigenvalue weighted by Gasteiger charge is 2.33. The molecule has 1 N–H and O–H groups in total. The van der Waals surface area contributed by atoms with Crippen LogP contribution in [0.15, 0.2) is 17.6 Å². The lowest BCUT2D eigenvalue weighted by molar-refractivity contribution is 0.0741. The summed E-state index contributed by atoms with van der Waals surface area (Å²) < 4.78 is 0. The number of hydrogen-bond donors (Lipinski definition) is 1. The first-order chi connectivity index (χ1) is 12.0. The number of amides is 2. The number of aryl methyl sites for hydroxylation is 1. The Kier molecular flexibility index (Phi) is 5.54. The monoisotopic (exact) mass is 377 g/mol. The zero-order valence-electron chi connectivity index (χ0n) is 14.7. The zero-order chi connectivity index (χ0) is 18.0. The van der Waals surface area contributed by atoms with Crippen LogP contribution in [0.4, 0.5) is 0 Å². The zero-order valence-corrected chi connectivity index (χ0v) is 16.4. The molecule has 0 aliphatic carbocycles. The number of carbonyl (C=O) groups is 2. The van der Waals surface area contributed by atoms with E-state index in [-0.39, 0.29) is 17.9 Å². The Morgan fingerprint density at radius 2 is 2.20 bits per heavy atom. The highest BCUT2D eigenvalue weighted by Crippen LogP contribution is 2.37. The van der Waals surface area contributed by atoms with E-state index in [1.807, 2.05) is 24.0 Å². The van der Waals surface area contributed by atoms with Crippen molar-refractivity contribution in [2.75, 3.05) is 13.1 Å². The second-order valence-corrected chi connectivity index (χ2v) is 8.70. The number of rotatable bonds is 5. The van der Waals surface area contributed by atoms with E-state index in [1.165, 1.54) is 22.7 Å². The standard InChI is InChI=1S/C18H23N3O2S2/c1-11(2)9-19-17(22)15-7-6-14(25-15)13-5-4-8-21(13)18(23)16-12(3)20-10-24-16/h6-7,10-11,13H,4-5,8-9H2,1-3H3,(H,19,22)/t13-/m1/s1. The molecule has 0 radical (unpaired) electrons. The predicted octanol–water partition coefficient (Wildman–Crippen LogP) is 3.88. The fourth-order valence-electron chi connectivity index (χ4n) is 2.98. The van der Waals surface area contributed by atoms with E-state index >= 15 is 0 Å². The molecular formula is C18H23N3O2S2. The van der Waals surface area contributed by atoms with Crippen molar-refractivity contribution in [3.8, 4) is 0 Å². The molecule has 0 saturated carbocycles. The Morgan fingerprint density at radius 1 is 1.40 bits per heavy atom. The minimum absolute atomic E-state index is 0.0286. The van der Waals surface area contributed by atoms with Crippen LogP contribution in [0, 0.1) is 12.8 Å². The summed E-state index contributed by atoms with van der Waals surface area (Å²) in [5.41, 5.74) is 2.51. The Balaban J connectivity index is 1.74. The number of carbonyl (C=O) groups excluding carboxylic acids is 2. The van der Waals surface area contributed by atoms with Gasteiger partial charge in [-0.1, -0.05) is 13.8 Å². The molecule has 0 spiro atoms. The molecule has 1 aliphatic rings. The van der Waals surface area contributed by atoms with Gasteiger partial charge in [0.15, 0.2) is 0 Å². The molecule has 5 nitrogen and oxygen atoms in total. The van der Waals surface area contributed by atoms with Gasteiger partial charge in [0.25, 0.3) is 11.8 Å². The van der Waals surface area contributed by atoms with Crippen LogP contribution in [0.5, 0.6) is 0 Å². The first-order valence-corrected chi connectivity index (χ1v) is 10.3. The van der Waals surface area contributed by atoms with Gasteiger partial charge in [0.05, 0.1) is 22.1 Å². The van der Waals surface area contributed by atoms with Crippen LogP contribution in [0.1, 0.15) is 62.6 Å². The van der Waals surface area contributed by atoms with Crippen molar-refractivity contribution >= 4 is 34.5 Å². The minimum atomic E-state index is -0.0286. The maximum atomic E-state index is 12.9. The Hall–Kier alpha value is -1.73. The van der Waals surface area contributed by atoms with E-state index < -0.39 is 0 Å². The number of likely N-dealkylation sites (tertiary alicyclic amines) is 1. The van der Waals surface area contributed by atoms with Gasteiger partial charge in [0, 0.05) is 18.0 Å². The molecule has 1 saturated heterocycles. The highest BCUT2D eigenvalue weighted by atomic mass is 32.1. The van der Waals surface area contributed by atoms with E-state index in [1.54, 1.807) is 5.51 Å². The molecule has 2 aromatic rings. The molecule has 0 bridgehead atoms. The third-order valence-corrected chi connectivity index (χ3v) is 6.41. The lowest BCUT2D eigenvalue weighted by atomic mass is 10.2. The fraction of sp³-hybridized carbons (Fsp3) is 0.500. The smallest absolute Gasteiger partial charge is 0.266 e. The van der Waals surface area contributed by atoms with Crippen molar-refractivity contribution in [3.63, 3.8) is 0 Å². The number of nitrogens with one attached hydrogen (secondary N) is 1. The Morgan fingerprint density at radius 3 is 2.88 bits per heavy atom. The Bertz CT molecular complexity index is 766.